The van der Waals surface area contributed by atoms with Gasteiger partial charge in [-0.1, -0.05) is 73.3 Å². The predicted molar refractivity (Wildman–Crippen MR) is 102 cm³/mol. The van der Waals surface area contributed by atoms with Crippen molar-refractivity contribution in [1.29, 1.82) is 0 Å². The molecule has 3 aromatic rings. The Hall–Kier alpha value is -2.77. The van der Waals surface area contributed by atoms with Crippen LogP contribution in [0.3, 0.4) is 0 Å². The summed E-state index contributed by atoms with van der Waals surface area (Å²) in [4.78, 5) is 0. The molecule has 0 unspecified atom stereocenters. The monoisotopic (exact) mass is 350 g/mol. The Morgan fingerprint density at radius 3 is 1.68 bits per heavy atom. The summed E-state index contributed by atoms with van der Waals surface area (Å²) in [7, 11) is -3.43. The largest absolute Gasteiger partial charge is 0.435 e. The summed E-state index contributed by atoms with van der Waals surface area (Å²) in [5, 5.41) is 0. The van der Waals surface area contributed by atoms with Gasteiger partial charge in [0.15, 0.2) is 0 Å². The third-order valence-corrected chi connectivity index (χ3v) is 5.30. The molecule has 0 bridgehead atoms. The maximum absolute atomic E-state index is 13.4. The van der Waals surface area contributed by atoms with Gasteiger partial charge in [0.05, 0.1) is 6.16 Å². The number of para-hydroxylation sites is 2. The maximum atomic E-state index is 13.4. The molecule has 4 heteroatoms. The zero-order chi connectivity index (χ0) is 17.5. The first kappa shape index (κ1) is 17.1. The fourth-order valence-corrected chi connectivity index (χ4v) is 4.06. The Morgan fingerprint density at radius 2 is 1.24 bits per heavy atom. The lowest BCUT2D eigenvalue weighted by molar-refractivity contribution is 0.384. The standard InChI is InChI=1S/C21H19O3P/c1-2-18-13-15-19(16-14-18)17-25(22,23-20-9-5-3-6-10-20)24-21-11-7-4-8-12-21/h2-16H,1,17H2. The van der Waals surface area contributed by atoms with E-state index in [1.807, 2.05) is 60.7 Å². The molecular formula is C21H19O3P. The highest BCUT2D eigenvalue weighted by molar-refractivity contribution is 7.53. The molecule has 3 nitrogen and oxygen atoms in total. The number of hydrogen-bond acceptors (Lipinski definition) is 3. The van der Waals surface area contributed by atoms with E-state index in [-0.39, 0.29) is 6.16 Å². The number of benzene rings is 3. The van der Waals surface area contributed by atoms with Crippen molar-refractivity contribution < 1.29 is 13.6 Å². The van der Waals surface area contributed by atoms with E-state index in [1.54, 1.807) is 30.3 Å². The summed E-state index contributed by atoms with van der Waals surface area (Å²) < 4.78 is 25.0. The second-order valence-electron chi connectivity index (χ2n) is 5.52. The predicted octanol–water partition coefficient (Wildman–Crippen LogP) is 6.18. The van der Waals surface area contributed by atoms with E-state index >= 15 is 0 Å². The molecule has 3 rings (SSSR count). The van der Waals surface area contributed by atoms with Gasteiger partial charge in [0.25, 0.3) is 0 Å². The van der Waals surface area contributed by atoms with E-state index in [2.05, 4.69) is 6.58 Å². The van der Waals surface area contributed by atoms with Crippen LogP contribution in [0.25, 0.3) is 6.08 Å². The van der Waals surface area contributed by atoms with Crippen LogP contribution in [0.4, 0.5) is 0 Å². The van der Waals surface area contributed by atoms with Crippen LogP contribution in [0.1, 0.15) is 11.1 Å². The Kier molecular flexibility index (Phi) is 5.37. The molecule has 3 aromatic carbocycles. The van der Waals surface area contributed by atoms with Crippen molar-refractivity contribution in [2.24, 2.45) is 0 Å². The molecule has 0 atom stereocenters. The molecule has 0 aliphatic rings. The molecular weight excluding hydrogens is 331 g/mol. The van der Waals surface area contributed by atoms with Gasteiger partial charge in [-0.05, 0) is 35.4 Å². The second-order valence-corrected chi connectivity index (χ2v) is 7.43. The lowest BCUT2D eigenvalue weighted by Crippen LogP contribution is -2.04. The highest BCUT2D eigenvalue weighted by atomic mass is 31.2. The van der Waals surface area contributed by atoms with Gasteiger partial charge in [0.2, 0.25) is 0 Å². The first-order valence-electron chi connectivity index (χ1n) is 7.97. The molecule has 0 aliphatic heterocycles. The van der Waals surface area contributed by atoms with Gasteiger partial charge >= 0.3 is 7.60 Å². The van der Waals surface area contributed by atoms with Gasteiger partial charge in [0, 0.05) is 0 Å². The highest BCUT2D eigenvalue weighted by Gasteiger charge is 2.28. The van der Waals surface area contributed by atoms with Crippen molar-refractivity contribution in [3.05, 3.63) is 103 Å². The lowest BCUT2D eigenvalue weighted by Gasteiger charge is -2.20. The second kappa shape index (κ2) is 7.87. The summed E-state index contributed by atoms with van der Waals surface area (Å²) in [6, 6.07) is 25.8. The normalized spacial score (nSPS) is 10.9. The van der Waals surface area contributed by atoms with Crippen molar-refractivity contribution in [1.82, 2.24) is 0 Å². The molecule has 0 aromatic heterocycles. The Morgan fingerprint density at radius 1 is 0.760 bits per heavy atom. The molecule has 0 saturated carbocycles. The third-order valence-electron chi connectivity index (χ3n) is 3.57. The van der Waals surface area contributed by atoms with Crippen molar-refractivity contribution in [3.63, 3.8) is 0 Å². The van der Waals surface area contributed by atoms with Crippen molar-refractivity contribution >= 4 is 13.7 Å². The minimum Gasteiger partial charge on any atom is -0.416 e. The first-order chi connectivity index (χ1) is 12.2. The van der Waals surface area contributed by atoms with E-state index in [0.717, 1.165) is 11.1 Å². The third kappa shape index (κ3) is 4.85. The van der Waals surface area contributed by atoms with Crippen LogP contribution in [0, 0.1) is 0 Å². The lowest BCUT2D eigenvalue weighted by atomic mass is 10.1. The fourth-order valence-electron chi connectivity index (χ4n) is 2.35. The Balaban J connectivity index is 1.87. The molecule has 0 heterocycles. The van der Waals surface area contributed by atoms with Crippen LogP contribution >= 0.6 is 7.60 Å². The van der Waals surface area contributed by atoms with E-state index in [4.69, 9.17) is 9.05 Å². The molecule has 126 valence electrons. The molecule has 25 heavy (non-hydrogen) atoms. The van der Waals surface area contributed by atoms with Gasteiger partial charge < -0.3 is 9.05 Å². The minimum absolute atomic E-state index is 0.175. The summed E-state index contributed by atoms with van der Waals surface area (Å²) >= 11 is 0. The highest BCUT2D eigenvalue weighted by Crippen LogP contribution is 2.51. The quantitative estimate of drug-likeness (QED) is 0.477. The molecule has 0 saturated heterocycles. The SMILES string of the molecule is C=Cc1ccc(CP(=O)(Oc2ccccc2)Oc2ccccc2)cc1. The fraction of sp³-hybridized carbons (Fsp3) is 0.0476. The van der Waals surface area contributed by atoms with Gasteiger partial charge in [-0.15, -0.1) is 0 Å². The smallest absolute Gasteiger partial charge is 0.416 e. The van der Waals surface area contributed by atoms with E-state index in [0.29, 0.717) is 11.5 Å². The average molecular weight is 350 g/mol. The van der Waals surface area contributed by atoms with Crippen molar-refractivity contribution in [2.75, 3.05) is 0 Å². The van der Waals surface area contributed by atoms with Crippen LogP contribution in [-0.2, 0) is 10.7 Å². The van der Waals surface area contributed by atoms with Gasteiger partial charge in [0.1, 0.15) is 11.5 Å². The molecule has 0 spiro atoms. The molecule has 0 amide bonds. The average Bonchev–Trinajstić information content (AvgIpc) is 2.64. The molecule has 0 aliphatic carbocycles. The van der Waals surface area contributed by atoms with Crippen LogP contribution < -0.4 is 9.05 Å². The van der Waals surface area contributed by atoms with Crippen LogP contribution in [0.5, 0.6) is 11.5 Å². The zero-order valence-corrected chi connectivity index (χ0v) is 14.6. The molecule has 0 radical (unpaired) electrons. The van der Waals surface area contributed by atoms with Gasteiger partial charge in [-0.25, -0.2) is 4.57 Å². The number of hydrogen-bond donors (Lipinski definition) is 0. The summed E-state index contributed by atoms with van der Waals surface area (Å²) in [6.07, 6.45) is 1.94. The van der Waals surface area contributed by atoms with Crippen LogP contribution in [-0.4, -0.2) is 0 Å². The van der Waals surface area contributed by atoms with Crippen molar-refractivity contribution in [2.45, 2.75) is 6.16 Å². The van der Waals surface area contributed by atoms with Crippen LogP contribution in [0.15, 0.2) is 91.5 Å². The maximum Gasteiger partial charge on any atom is 0.435 e. The molecule has 0 fully saturated rings. The Labute approximate surface area is 148 Å². The van der Waals surface area contributed by atoms with Crippen molar-refractivity contribution in [3.8, 4) is 11.5 Å². The number of rotatable bonds is 7. The summed E-state index contributed by atoms with van der Waals surface area (Å²) in [5.74, 6) is 1.04. The van der Waals surface area contributed by atoms with Gasteiger partial charge in [-0.3, -0.25) is 0 Å². The molecule has 0 N–H and O–H groups in total. The first-order valence-corrected chi connectivity index (χ1v) is 9.69. The minimum atomic E-state index is -3.43. The summed E-state index contributed by atoms with van der Waals surface area (Å²) in [6.45, 7) is 3.74. The van der Waals surface area contributed by atoms with E-state index in [9.17, 15) is 4.57 Å². The van der Waals surface area contributed by atoms with E-state index in [1.165, 1.54) is 0 Å². The zero-order valence-electron chi connectivity index (χ0n) is 13.7. The Bertz CT molecular complexity index is 813. The van der Waals surface area contributed by atoms with E-state index < -0.39 is 7.60 Å². The van der Waals surface area contributed by atoms with Gasteiger partial charge in [-0.2, -0.15) is 0 Å². The van der Waals surface area contributed by atoms with Crippen LogP contribution in [0.2, 0.25) is 0 Å². The summed E-state index contributed by atoms with van der Waals surface area (Å²) in [5.41, 5.74) is 1.88. The topological polar surface area (TPSA) is 35.5 Å².